The molecule has 1 saturated heterocycles. The van der Waals surface area contributed by atoms with Gasteiger partial charge in [0.15, 0.2) is 0 Å². The van der Waals surface area contributed by atoms with Crippen LogP contribution >= 0.6 is 0 Å². The van der Waals surface area contributed by atoms with Crippen LogP contribution in [0.3, 0.4) is 0 Å². The average Bonchev–Trinajstić information content (AvgIpc) is 2.35. The number of carbonyl (C=O) groups is 3. The summed E-state index contributed by atoms with van der Waals surface area (Å²) in [6.07, 6.45) is -4.02. The quantitative estimate of drug-likeness (QED) is 0.842. The van der Waals surface area contributed by atoms with E-state index >= 15 is 0 Å². The third kappa shape index (κ3) is 5.18. The van der Waals surface area contributed by atoms with Crippen LogP contribution in [-0.2, 0) is 14.4 Å². The van der Waals surface area contributed by atoms with Crippen LogP contribution in [0.4, 0.5) is 13.2 Å². The van der Waals surface area contributed by atoms with Crippen molar-refractivity contribution in [2.75, 3.05) is 13.1 Å². The Labute approximate surface area is 114 Å². The van der Waals surface area contributed by atoms with Crippen molar-refractivity contribution in [1.82, 2.24) is 10.2 Å². The van der Waals surface area contributed by atoms with Gasteiger partial charge in [0.25, 0.3) is 0 Å². The molecule has 1 heterocycles. The van der Waals surface area contributed by atoms with E-state index in [0.29, 0.717) is 13.1 Å². The molecule has 1 aliphatic heterocycles. The summed E-state index contributed by atoms with van der Waals surface area (Å²) in [7, 11) is 0. The third-order valence-electron chi connectivity index (χ3n) is 3.13. The molecule has 5 nitrogen and oxygen atoms in total. The maximum absolute atomic E-state index is 12.1. The number of hydrogen-bond acceptors (Lipinski definition) is 3. The molecule has 1 N–H and O–H groups in total. The van der Waals surface area contributed by atoms with Crippen molar-refractivity contribution in [3.05, 3.63) is 0 Å². The normalized spacial score (nSPS) is 16.9. The van der Waals surface area contributed by atoms with Crippen LogP contribution in [0, 0.1) is 0 Å². The molecule has 0 spiro atoms. The van der Waals surface area contributed by atoms with E-state index in [1.807, 2.05) is 5.32 Å². The first-order valence-electron chi connectivity index (χ1n) is 6.35. The van der Waals surface area contributed by atoms with Gasteiger partial charge in [0, 0.05) is 32.0 Å². The SMILES string of the molecule is CC(=O)CCC(=O)N1CCC(NC(=O)C(F)(F)F)CC1. The minimum atomic E-state index is -4.88. The van der Waals surface area contributed by atoms with Crippen molar-refractivity contribution < 1.29 is 27.6 Å². The molecule has 0 saturated carbocycles. The predicted octanol–water partition coefficient (Wildman–Crippen LogP) is 1.03. The van der Waals surface area contributed by atoms with Crippen LogP contribution in [0.2, 0.25) is 0 Å². The zero-order chi connectivity index (χ0) is 15.3. The fourth-order valence-corrected chi connectivity index (χ4v) is 1.98. The highest BCUT2D eigenvalue weighted by Crippen LogP contribution is 2.17. The maximum atomic E-state index is 12.1. The van der Waals surface area contributed by atoms with Crippen molar-refractivity contribution in [2.45, 2.75) is 44.8 Å². The number of halogens is 3. The minimum Gasteiger partial charge on any atom is -0.345 e. The monoisotopic (exact) mass is 294 g/mol. The molecule has 0 aromatic heterocycles. The Morgan fingerprint density at radius 2 is 1.70 bits per heavy atom. The van der Waals surface area contributed by atoms with E-state index in [1.165, 1.54) is 11.8 Å². The van der Waals surface area contributed by atoms with Crippen LogP contribution in [0.5, 0.6) is 0 Å². The summed E-state index contributed by atoms with van der Waals surface area (Å²) in [6, 6.07) is -0.569. The van der Waals surface area contributed by atoms with Gasteiger partial charge >= 0.3 is 12.1 Å². The standard InChI is InChI=1S/C12H17F3N2O3/c1-8(18)2-3-10(19)17-6-4-9(5-7-17)16-11(20)12(13,14)15/h9H,2-7H2,1H3,(H,16,20). The molecule has 20 heavy (non-hydrogen) atoms. The van der Waals surface area contributed by atoms with Crippen LogP contribution in [0.1, 0.15) is 32.6 Å². The summed E-state index contributed by atoms with van der Waals surface area (Å²) in [6.45, 7) is 1.98. The van der Waals surface area contributed by atoms with Crippen molar-refractivity contribution in [3.63, 3.8) is 0 Å². The first kappa shape index (κ1) is 16.5. The fourth-order valence-electron chi connectivity index (χ4n) is 1.98. The summed E-state index contributed by atoms with van der Waals surface area (Å²) < 4.78 is 36.2. The minimum absolute atomic E-state index is 0.0781. The fraction of sp³-hybridized carbons (Fsp3) is 0.750. The lowest BCUT2D eigenvalue weighted by atomic mass is 10.0. The van der Waals surface area contributed by atoms with E-state index in [4.69, 9.17) is 0 Å². The topological polar surface area (TPSA) is 66.5 Å². The Morgan fingerprint density at radius 3 is 2.15 bits per heavy atom. The molecule has 0 atom stereocenters. The summed E-state index contributed by atoms with van der Waals surface area (Å²) in [5.74, 6) is -2.20. The number of nitrogens with zero attached hydrogens (tertiary/aromatic N) is 1. The summed E-state index contributed by atoms with van der Waals surface area (Å²) in [5, 5.41) is 1.91. The van der Waals surface area contributed by atoms with Gasteiger partial charge in [-0.2, -0.15) is 13.2 Å². The molecule has 0 radical (unpaired) electrons. The molecule has 8 heteroatoms. The summed E-state index contributed by atoms with van der Waals surface area (Å²) in [4.78, 5) is 34.8. The van der Waals surface area contributed by atoms with Crippen molar-refractivity contribution in [3.8, 4) is 0 Å². The van der Waals surface area contributed by atoms with Gasteiger partial charge in [-0.25, -0.2) is 0 Å². The Kier molecular flexibility index (Phi) is 5.52. The molecule has 1 fully saturated rings. The zero-order valence-electron chi connectivity index (χ0n) is 11.1. The lowest BCUT2D eigenvalue weighted by Gasteiger charge is -2.32. The molecule has 0 aliphatic carbocycles. The molecule has 0 unspecified atom stereocenters. The molecule has 114 valence electrons. The first-order valence-corrected chi connectivity index (χ1v) is 6.35. The van der Waals surface area contributed by atoms with Gasteiger partial charge in [-0.3, -0.25) is 9.59 Å². The number of rotatable bonds is 4. The van der Waals surface area contributed by atoms with E-state index in [-0.39, 0.29) is 37.4 Å². The maximum Gasteiger partial charge on any atom is 0.471 e. The lowest BCUT2D eigenvalue weighted by Crippen LogP contribution is -2.49. The second-order valence-electron chi connectivity index (χ2n) is 4.83. The number of hydrogen-bond donors (Lipinski definition) is 1. The van der Waals surface area contributed by atoms with Crippen LogP contribution in [-0.4, -0.2) is 47.8 Å². The number of nitrogens with one attached hydrogen (secondary N) is 1. The van der Waals surface area contributed by atoms with Crippen LogP contribution in [0.15, 0.2) is 0 Å². The number of Topliss-reactive ketones (excluding diaryl/α,β-unsaturated/α-hetero) is 1. The lowest BCUT2D eigenvalue weighted by molar-refractivity contribution is -0.174. The second kappa shape index (κ2) is 6.71. The van der Waals surface area contributed by atoms with E-state index in [2.05, 4.69) is 0 Å². The molecular formula is C12H17F3N2O3. The summed E-state index contributed by atoms with van der Waals surface area (Å²) >= 11 is 0. The smallest absolute Gasteiger partial charge is 0.345 e. The van der Waals surface area contributed by atoms with Gasteiger partial charge in [0.2, 0.25) is 5.91 Å². The van der Waals surface area contributed by atoms with Crippen LogP contribution in [0.25, 0.3) is 0 Å². The van der Waals surface area contributed by atoms with Gasteiger partial charge in [-0.05, 0) is 19.8 Å². The summed E-state index contributed by atoms with van der Waals surface area (Å²) in [5.41, 5.74) is 0. The first-order chi connectivity index (χ1) is 9.20. The Bertz CT molecular complexity index is 388. The Hall–Kier alpha value is -1.60. The van der Waals surface area contributed by atoms with E-state index in [0.717, 1.165) is 0 Å². The average molecular weight is 294 g/mol. The van der Waals surface area contributed by atoms with Crippen molar-refractivity contribution in [1.29, 1.82) is 0 Å². The number of alkyl halides is 3. The molecule has 0 aromatic carbocycles. The van der Waals surface area contributed by atoms with Gasteiger partial charge in [-0.15, -0.1) is 0 Å². The van der Waals surface area contributed by atoms with E-state index in [1.54, 1.807) is 0 Å². The highest BCUT2D eigenvalue weighted by Gasteiger charge is 2.40. The molecule has 0 bridgehead atoms. The van der Waals surface area contributed by atoms with Crippen molar-refractivity contribution in [2.24, 2.45) is 0 Å². The highest BCUT2D eigenvalue weighted by molar-refractivity contribution is 5.84. The second-order valence-corrected chi connectivity index (χ2v) is 4.83. The number of amides is 2. The van der Waals surface area contributed by atoms with Gasteiger partial charge in [0.05, 0.1) is 0 Å². The molecule has 1 aliphatic rings. The van der Waals surface area contributed by atoms with Gasteiger partial charge in [-0.1, -0.05) is 0 Å². The molecule has 0 aromatic rings. The molecule has 2 amide bonds. The Balaban J connectivity index is 2.35. The Morgan fingerprint density at radius 1 is 1.15 bits per heavy atom. The van der Waals surface area contributed by atoms with Crippen LogP contribution < -0.4 is 5.32 Å². The van der Waals surface area contributed by atoms with Crippen molar-refractivity contribution >= 4 is 17.6 Å². The number of likely N-dealkylation sites (tertiary alicyclic amines) is 1. The van der Waals surface area contributed by atoms with Gasteiger partial charge in [0.1, 0.15) is 5.78 Å². The largest absolute Gasteiger partial charge is 0.471 e. The van der Waals surface area contributed by atoms with E-state index in [9.17, 15) is 27.6 Å². The molecule has 1 rings (SSSR count). The van der Waals surface area contributed by atoms with E-state index < -0.39 is 18.1 Å². The zero-order valence-corrected chi connectivity index (χ0v) is 11.1. The number of ketones is 1. The third-order valence-corrected chi connectivity index (χ3v) is 3.13. The van der Waals surface area contributed by atoms with Gasteiger partial charge < -0.3 is 15.0 Å². The molecular weight excluding hydrogens is 277 g/mol. The number of carbonyl (C=O) groups excluding carboxylic acids is 3. The predicted molar refractivity (Wildman–Crippen MR) is 63.7 cm³/mol. The highest BCUT2D eigenvalue weighted by atomic mass is 19.4. The number of piperidine rings is 1.